The summed E-state index contributed by atoms with van der Waals surface area (Å²) in [4.78, 5) is 15.2. The number of carbonyl (C=O) groups is 1. The van der Waals surface area contributed by atoms with E-state index in [2.05, 4.69) is 10.2 Å². The maximum atomic E-state index is 13.8. The number of carbonyl (C=O) groups excluding carboxylic acids is 1. The van der Waals surface area contributed by atoms with Crippen LogP contribution in [0.25, 0.3) is 0 Å². The highest BCUT2D eigenvalue weighted by molar-refractivity contribution is 5.88. The lowest BCUT2D eigenvalue weighted by Crippen LogP contribution is -2.53. The summed E-state index contributed by atoms with van der Waals surface area (Å²) in [6.45, 7) is 6.85. The van der Waals surface area contributed by atoms with Gasteiger partial charge in [0.15, 0.2) is 0 Å². The van der Waals surface area contributed by atoms with Crippen LogP contribution in [0.4, 0.5) is 4.39 Å². The third kappa shape index (κ3) is 3.34. The Morgan fingerprint density at radius 1 is 1.35 bits per heavy atom. The van der Waals surface area contributed by atoms with Gasteiger partial charge in [-0.25, -0.2) is 4.39 Å². The van der Waals surface area contributed by atoms with E-state index < -0.39 is 5.41 Å². The maximum absolute atomic E-state index is 13.8. The van der Waals surface area contributed by atoms with E-state index in [0.717, 1.165) is 32.5 Å². The van der Waals surface area contributed by atoms with Gasteiger partial charge < -0.3 is 15.0 Å². The van der Waals surface area contributed by atoms with Crippen LogP contribution in [0.15, 0.2) is 18.2 Å². The minimum absolute atomic E-state index is 0.0526. The Bertz CT molecular complexity index is 607. The largest absolute Gasteiger partial charge is 0.497 e. The molecule has 1 aromatic rings. The Labute approximate surface area is 137 Å². The van der Waals surface area contributed by atoms with Crippen LogP contribution in [-0.4, -0.2) is 43.1 Å². The zero-order chi connectivity index (χ0) is 16.7. The van der Waals surface area contributed by atoms with E-state index in [4.69, 9.17) is 4.74 Å². The summed E-state index contributed by atoms with van der Waals surface area (Å²) in [5.41, 5.74) is -0.252. The number of nitrogens with zero attached hydrogens (tertiary/aromatic N) is 1. The quantitative estimate of drug-likeness (QED) is 0.875. The molecule has 0 aromatic heterocycles. The lowest BCUT2D eigenvalue weighted by Gasteiger charge is -2.36. The Morgan fingerprint density at radius 3 is 2.57 bits per heavy atom. The predicted molar refractivity (Wildman–Crippen MR) is 87.1 cm³/mol. The fourth-order valence-electron chi connectivity index (χ4n) is 3.01. The van der Waals surface area contributed by atoms with Gasteiger partial charge in [0, 0.05) is 12.6 Å². The first-order chi connectivity index (χ1) is 10.8. The number of rotatable bonds is 6. The van der Waals surface area contributed by atoms with E-state index in [1.165, 1.54) is 25.7 Å². The van der Waals surface area contributed by atoms with Gasteiger partial charge >= 0.3 is 0 Å². The fraction of sp³-hybridized carbons (Fsp3) is 0.611. The summed E-state index contributed by atoms with van der Waals surface area (Å²) in [5, 5.41) is 3.22. The lowest BCUT2D eigenvalue weighted by atomic mass is 9.83. The summed E-state index contributed by atoms with van der Waals surface area (Å²) < 4.78 is 18.9. The average Bonchev–Trinajstić information content (AvgIpc) is 3.22. The van der Waals surface area contributed by atoms with Crippen LogP contribution in [0.5, 0.6) is 5.75 Å². The summed E-state index contributed by atoms with van der Waals surface area (Å²) in [6.07, 6.45) is 3.30. The van der Waals surface area contributed by atoms with E-state index in [1.807, 2.05) is 13.8 Å². The monoisotopic (exact) mass is 320 g/mol. The highest BCUT2D eigenvalue weighted by Gasteiger charge is 2.48. The zero-order valence-corrected chi connectivity index (χ0v) is 14.1. The number of methoxy groups -OCH3 is 1. The Balaban J connectivity index is 1.73. The molecular weight excluding hydrogens is 295 g/mol. The number of likely N-dealkylation sites (tertiary alicyclic amines) is 1. The summed E-state index contributed by atoms with van der Waals surface area (Å²) in [6, 6.07) is 4.47. The van der Waals surface area contributed by atoms with E-state index in [0.29, 0.717) is 11.3 Å². The second kappa shape index (κ2) is 5.78. The van der Waals surface area contributed by atoms with Crippen molar-refractivity contribution in [1.82, 2.24) is 10.2 Å². The molecule has 0 radical (unpaired) electrons. The first-order valence-corrected chi connectivity index (χ1v) is 8.25. The van der Waals surface area contributed by atoms with E-state index in [9.17, 15) is 9.18 Å². The van der Waals surface area contributed by atoms with Crippen LogP contribution in [0.1, 0.15) is 38.7 Å². The first-order valence-electron chi connectivity index (χ1n) is 8.25. The molecule has 1 N–H and O–H groups in total. The maximum Gasteiger partial charge on any atom is 0.230 e. The molecule has 1 aliphatic carbocycles. The van der Waals surface area contributed by atoms with Crippen LogP contribution in [0.3, 0.4) is 0 Å². The molecule has 1 aliphatic heterocycles. The van der Waals surface area contributed by atoms with Gasteiger partial charge in [-0.2, -0.15) is 0 Å². The number of benzene rings is 1. The van der Waals surface area contributed by atoms with Gasteiger partial charge in [-0.1, -0.05) is 0 Å². The van der Waals surface area contributed by atoms with Crippen molar-refractivity contribution < 1.29 is 13.9 Å². The van der Waals surface area contributed by atoms with Gasteiger partial charge in [0.2, 0.25) is 5.91 Å². The third-order valence-electron chi connectivity index (χ3n) is 5.10. The van der Waals surface area contributed by atoms with Gasteiger partial charge in [-0.3, -0.25) is 4.79 Å². The molecular formula is C18H25FN2O2. The third-order valence-corrected chi connectivity index (χ3v) is 5.10. The number of hydrogen-bond donors (Lipinski definition) is 1. The van der Waals surface area contributed by atoms with Crippen molar-refractivity contribution in [3.63, 3.8) is 0 Å². The molecule has 0 bridgehead atoms. The van der Waals surface area contributed by atoms with Crippen molar-refractivity contribution in [2.24, 2.45) is 0 Å². The molecule has 0 spiro atoms. The molecule has 23 heavy (non-hydrogen) atoms. The normalized spacial score (nSPS) is 19.8. The van der Waals surface area contributed by atoms with Crippen molar-refractivity contribution >= 4 is 5.91 Å². The number of amides is 1. The van der Waals surface area contributed by atoms with Gasteiger partial charge in [0.05, 0.1) is 18.1 Å². The predicted octanol–water partition coefficient (Wildman–Crippen LogP) is 2.47. The van der Waals surface area contributed by atoms with Crippen molar-refractivity contribution in [3.05, 3.63) is 29.6 Å². The molecule has 4 nitrogen and oxygen atoms in total. The number of hydrogen-bond acceptors (Lipinski definition) is 3. The summed E-state index contributed by atoms with van der Waals surface area (Å²) >= 11 is 0. The number of halogens is 1. The highest BCUT2D eigenvalue weighted by Crippen LogP contribution is 2.39. The fourth-order valence-corrected chi connectivity index (χ4v) is 3.01. The Kier molecular flexibility index (Phi) is 4.08. The molecule has 5 heteroatoms. The van der Waals surface area contributed by atoms with E-state index >= 15 is 0 Å². The lowest BCUT2D eigenvalue weighted by molar-refractivity contribution is -0.126. The minimum Gasteiger partial charge on any atom is -0.497 e. The zero-order valence-electron chi connectivity index (χ0n) is 14.1. The highest BCUT2D eigenvalue weighted by atomic mass is 19.1. The first kappa shape index (κ1) is 16.2. The second-order valence-corrected chi connectivity index (χ2v) is 7.37. The van der Waals surface area contributed by atoms with Gasteiger partial charge in [0.25, 0.3) is 0 Å². The molecule has 2 aliphatic rings. The molecule has 0 atom stereocenters. The van der Waals surface area contributed by atoms with E-state index in [-0.39, 0.29) is 17.3 Å². The summed E-state index contributed by atoms with van der Waals surface area (Å²) in [5.74, 6) is -0.00675. The van der Waals surface area contributed by atoms with Crippen LogP contribution < -0.4 is 10.1 Å². The molecule has 3 rings (SSSR count). The van der Waals surface area contributed by atoms with E-state index in [1.54, 1.807) is 6.07 Å². The molecule has 1 heterocycles. The van der Waals surface area contributed by atoms with Crippen molar-refractivity contribution in [2.75, 3.05) is 26.7 Å². The second-order valence-electron chi connectivity index (χ2n) is 7.37. The standard InChI is InChI=1S/C18H25FN2O2/c1-17(2,13-9-14(19)11-15(10-13)23-3)16(22)20-18(5-6-18)12-21-7-4-8-21/h9-11H,4-8,12H2,1-3H3,(H,20,22). The van der Waals surface area contributed by atoms with Crippen LogP contribution in [0, 0.1) is 5.82 Å². The molecule has 0 unspecified atom stereocenters. The topological polar surface area (TPSA) is 41.6 Å². The van der Waals surface area contributed by atoms with Crippen LogP contribution in [-0.2, 0) is 10.2 Å². The SMILES string of the molecule is COc1cc(F)cc(C(C)(C)C(=O)NC2(CN3CCC3)CC2)c1. The molecule has 1 saturated carbocycles. The van der Waals surface area contributed by atoms with Crippen molar-refractivity contribution in [3.8, 4) is 5.75 Å². The van der Waals surface area contributed by atoms with Crippen molar-refractivity contribution in [2.45, 2.75) is 44.1 Å². The number of ether oxygens (including phenoxy) is 1. The van der Waals surface area contributed by atoms with Crippen LogP contribution in [0.2, 0.25) is 0 Å². The van der Waals surface area contributed by atoms with Gasteiger partial charge in [0.1, 0.15) is 11.6 Å². The Morgan fingerprint density at radius 2 is 2.04 bits per heavy atom. The van der Waals surface area contributed by atoms with Gasteiger partial charge in [-0.05, 0) is 63.9 Å². The molecule has 1 saturated heterocycles. The van der Waals surface area contributed by atoms with Crippen molar-refractivity contribution in [1.29, 1.82) is 0 Å². The average molecular weight is 320 g/mol. The molecule has 1 aromatic carbocycles. The van der Waals surface area contributed by atoms with Gasteiger partial charge in [-0.15, -0.1) is 0 Å². The van der Waals surface area contributed by atoms with Crippen LogP contribution >= 0.6 is 0 Å². The Hall–Kier alpha value is -1.62. The summed E-state index contributed by atoms with van der Waals surface area (Å²) in [7, 11) is 1.50. The smallest absolute Gasteiger partial charge is 0.230 e. The molecule has 2 fully saturated rings. The minimum atomic E-state index is -0.806. The number of nitrogens with one attached hydrogen (secondary N) is 1. The molecule has 126 valence electrons. The molecule has 1 amide bonds.